The maximum Gasteiger partial charge on any atom is 0.229 e. The molecule has 0 bridgehead atoms. The largest absolute Gasteiger partial charge is 0.508 e. The summed E-state index contributed by atoms with van der Waals surface area (Å²) >= 11 is 0. The predicted molar refractivity (Wildman–Crippen MR) is 171 cm³/mol. The fraction of sp³-hybridized carbons (Fsp3) is 0.229. The smallest absolute Gasteiger partial charge is 0.229 e. The van der Waals surface area contributed by atoms with Crippen molar-refractivity contribution >= 4 is 23.0 Å². The van der Waals surface area contributed by atoms with Gasteiger partial charge in [-0.15, -0.1) is 0 Å². The zero-order valence-electron chi connectivity index (χ0n) is 25.4. The highest BCUT2D eigenvalue weighted by atomic mass is 16.7. The summed E-state index contributed by atoms with van der Waals surface area (Å²) in [4.78, 5) is 0. The van der Waals surface area contributed by atoms with Crippen LogP contribution in [0.3, 0.4) is 0 Å². The summed E-state index contributed by atoms with van der Waals surface area (Å²) in [5.41, 5.74) is 3.80. The molecule has 2 aromatic carbocycles. The summed E-state index contributed by atoms with van der Waals surface area (Å²) in [5, 5.41) is 72.0. The molecule has 47 heavy (non-hydrogen) atoms. The lowest BCUT2D eigenvalue weighted by molar-refractivity contribution is -0.462. The Hall–Kier alpha value is -5.11. The molecule has 1 saturated heterocycles. The van der Waals surface area contributed by atoms with Gasteiger partial charge in [-0.1, -0.05) is 18.2 Å². The van der Waals surface area contributed by atoms with Crippen molar-refractivity contribution in [2.24, 2.45) is 0 Å². The Kier molecular flexibility index (Phi) is 8.78. The molecule has 1 aliphatic carbocycles. The monoisotopic (exact) mass is 644 g/mol. The van der Waals surface area contributed by atoms with E-state index < -0.39 is 43.1 Å². The van der Waals surface area contributed by atoms with Gasteiger partial charge >= 0.3 is 0 Å². The summed E-state index contributed by atoms with van der Waals surface area (Å²) in [5.74, 6) is -1.01. The number of phenols is 3. The molecule has 0 aromatic heterocycles. The van der Waals surface area contributed by atoms with Crippen LogP contribution >= 0.6 is 0 Å². The van der Waals surface area contributed by atoms with Crippen molar-refractivity contribution in [3.8, 4) is 45.4 Å². The lowest BCUT2D eigenvalue weighted by Crippen LogP contribution is -2.60. The summed E-state index contributed by atoms with van der Waals surface area (Å²) in [6.45, 7) is -0.669. The number of aliphatic hydroxyl groups is 4. The Balaban J connectivity index is 1.51. The van der Waals surface area contributed by atoms with Crippen LogP contribution in [0.15, 0.2) is 93.3 Å². The van der Waals surface area contributed by atoms with Gasteiger partial charge in [0.25, 0.3) is 0 Å². The summed E-state index contributed by atoms with van der Waals surface area (Å²) in [7, 11) is 3.94. The van der Waals surface area contributed by atoms with Gasteiger partial charge in [0.2, 0.25) is 6.29 Å². The van der Waals surface area contributed by atoms with E-state index in [2.05, 4.69) is 0 Å². The van der Waals surface area contributed by atoms with Crippen LogP contribution in [-0.4, -0.2) is 97.4 Å². The van der Waals surface area contributed by atoms with E-state index in [9.17, 15) is 35.7 Å². The second kappa shape index (κ2) is 12.9. The Morgan fingerprint density at radius 2 is 1.51 bits per heavy atom. The Bertz CT molecular complexity index is 1990. The summed E-state index contributed by atoms with van der Waals surface area (Å²) in [6.07, 6.45) is 7.31. The molecule has 5 atom stereocenters. The van der Waals surface area contributed by atoms with Crippen molar-refractivity contribution in [2.75, 3.05) is 20.7 Å². The van der Waals surface area contributed by atoms with Gasteiger partial charge in [0.15, 0.2) is 28.7 Å². The highest BCUT2D eigenvalue weighted by molar-refractivity contribution is 6.02. The molecule has 0 radical (unpaired) electrons. The Morgan fingerprint density at radius 3 is 2.19 bits per heavy atom. The molecule has 0 amide bonds. The van der Waals surface area contributed by atoms with Crippen molar-refractivity contribution in [1.29, 1.82) is 0 Å². The molecule has 0 saturated carbocycles. The maximum atomic E-state index is 10.8. The first-order chi connectivity index (χ1) is 22.5. The third kappa shape index (κ3) is 6.32. The number of phenolic OH excluding ortho intramolecular Hbond substituents is 3. The molecule has 6 rings (SSSR count). The van der Waals surface area contributed by atoms with E-state index in [1.807, 2.05) is 55.1 Å². The fourth-order valence-electron chi connectivity index (χ4n) is 5.37. The number of aromatic hydroxyl groups is 3. The molecule has 4 aliphatic rings. The van der Waals surface area contributed by atoms with E-state index in [4.69, 9.17) is 18.3 Å². The van der Waals surface area contributed by atoms with Crippen molar-refractivity contribution in [3.05, 3.63) is 89.9 Å². The lowest BCUT2D eigenvalue weighted by Gasteiger charge is -2.40. The molecular formula is C35H34NO11+. The van der Waals surface area contributed by atoms with E-state index in [0.29, 0.717) is 16.5 Å². The first-order valence-electron chi connectivity index (χ1n) is 14.7. The molecule has 12 heteroatoms. The van der Waals surface area contributed by atoms with Gasteiger partial charge in [-0.3, -0.25) is 0 Å². The second-order valence-electron chi connectivity index (χ2n) is 11.4. The number of hydrogen-bond donors (Lipinski definition) is 7. The quantitative estimate of drug-likeness (QED) is 0.121. The standard InChI is InChI=1S/C35H33NO11/c1-36(2)20-10-7-18(8-11-20)5-3-4-6-22-16-23-29-26(44-22)14-21(38)15-27(29)45-33(19-9-12-24(39)25(40)13-19)34(23)47-35-32(43)31(42)30(41)28(17-37)46-35/h3-16,28,30-32,35,37,41-43H,17H2,1-2H3,(H2,38,39,40)/p+1. The van der Waals surface area contributed by atoms with E-state index in [1.165, 1.54) is 30.3 Å². The normalized spacial score (nSPS) is 23.4. The van der Waals surface area contributed by atoms with E-state index >= 15 is 0 Å². The first-order valence-corrected chi connectivity index (χ1v) is 14.7. The molecule has 3 heterocycles. The fourth-order valence-corrected chi connectivity index (χ4v) is 5.37. The summed E-state index contributed by atoms with van der Waals surface area (Å²) in [6, 6.07) is 8.34. The van der Waals surface area contributed by atoms with Crippen LogP contribution in [0.4, 0.5) is 0 Å². The number of aliphatic hydroxyl groups excluding tert-OH is 4. The van der Waals surface area contributed by atoms with Crippen LogP contribution in [0, 0.1) is 0 Å². The van der Waals surface area contributed by atoms with Crippen LogP contribution in [0.5, 0.6) is 23.0 Å². The summed E-state index contributed by atoms with van der Waals surface area (Å²) < 4.78 is 26.1. The van der Waals surface area contributed by atoms with Crippen molar-refractivity contribution in [2.45, 2.75) is 30.7 Å². The second-order valence-corrected chi connectivity index (χ2v) is 11.4. The van der Waals surface area contributed by atoms with Gasteiger partial charge < -0.3 is 54.1 Å². The molecular weight excluding hydrogens is 610 g/mol. The van der Waals surface area contributed by atoms with Gasteiger partial charge in [-0.25, -0.2) is 4.58 Å². The number of nitrogens with zero attached hydrogens (tertiary/aromatic N) is 1. The van der Waals surface area contributed by atoms with Crippen molar-refractivity contribution in [3.63, 3.8) is 0 Å². The lowest BCUT2D eigenvalue weighted by atomic mass is 9.98. The van der Waals surface area contributed by atoms with Crippen molar-refractivity contribution in [1.82, 2.24) is 0 Å². The zero-order valence-corrected chi connectivity index (χ0v) is 25.4. The molecule has 244 valence electrons. The maximum absolute atomic E-state index is 10.8. The molecule has 7 N–H and O–H groups in total. The van der Waals surface area contributed by atoms with E-state index in [1.54, 1.807) is 18.2 Å². The highest BCUT2D eigenvalue weighted by Crippen LogP contribution is 2.48. The molecule has 12 nitrogen and oxygen atoms in total. The van der Waals surface area contributed by atoms with Crippen LogP contribution in [0.2, 0.25) is 0 Å². The first kappa shape index (κ1) is 31.9. The minimum absolute atomic E-state index is 0.00106. The number of rotatable bonds is 6. The number of allylic oxidation sites excluding steroid dienone is 8. The average molecular weight is 645 g/mol. The topological polar surface area (TPSA) is 189 Å². The average Bonchev–Trinajstić information content (AvgIpc) is 3.05. The molecule has 1 fully saturated rings. The van der Waals surface area contributed by atoms with Gasteiger partial charge in [0.1, 0.15) is 60.8 Å². The molecule has 3 aliphatic heterocycles. The van der Waals surface area contributed by atoms with Gasteiger partial charge in [-0.05, 0) is 48.1 Å². The third-order valence-electron chi connectivity index (χ3n) is 7.89. The van der Waals surface area contributed by atoms with E-state index in [-0.39, 0.29) is 39.7 Å². The van der Waals surface area contributed by atoms with Crippen molar-refractivity contribution < 1.29 is 58.6 Å². The van der Waals surface area contributed by atoms with Crippen LogP contribution in [0.25, 0.3) is 39.7 Å². The zero-order chi connectivity index (χ0) is 33.4. The van der Waals surface area contributed by atoms with E-state index in [0.717, 1.165) is 11.3 Å². The Labute approximate surface area is 268 Å². The van der Waals surface area contributed by atoms with Crippen LogP contribution < -0.4 is 10.2 Å². The van der Waals surface area contributed by atoms with Gasteiger partial charge in [-0.2, -0.15) is 0 Å². The SMILES string of the molecule is C[N+](C)=C1C=CC(=C/C=C/C=c2\cc3c(OC4OC(CO)C(O)C(O)C4O)c(-c4ccc(O)c(O)c4)oc4cc(O)cc(o2)c4-3)C=C1. The number of benzene rings is 2. The van der Waals surface area contributed by atoms with Crippen LogP contribution in [0.1, 0.15) is 0 Å². The van der Waals surface area contributed by atoms with Crippen LogP contribution in [-0.2, 0) is 4.74 Å². The predicted octanol–water partition coefficient (Wildman–Crippen LogP) is 2.48. The highest BCUT2D eigenvalue weighted by Gasteiger charge is 2.45. The van der Waals surface area contributed by atoms with Gasteiger partial charge in [0.05, 0.1) is 12.2 Å². The molecule has 0 spiro atoms. The Morgan fingerprint density at radius 1 is 0.809 bits per heavy atom. The number of ether oxygens (including phenoxy) is 2. The van der Waals surface area contributed by atoms with Gasteiger partial charge in [0, 0.05) is 35.4 Å². The minimum atomic E-state index is -1.74. The molecule has 5 unspecified atom stereocenters. The third-order valence-corrected chi connectivity index (χ3v) is 7.89. The number of hydrogen-bond acceptors (Lipinski definition) is 11. The minimum Gasteiger partial charge on any atom is -0.508 e. The molecule has 2 aromatic rings.